The van der Waals surface area contributed by atoms with Gasteiger partial charge in [0.1, 0.15) is 5.82 Å². The Morgan fingerprint density at radius 1 is 1.38 bits per heavy atom. The van der Waals surface area contributed by atoms with E-state index in [1.807, 2.05) is 0 Å². The fourth-order valence-electron chi connectivity index (χ4n) is 1.10. The number of halogens is 1. The molecule has 6 heteroatoms. The first-order chi connectivity index (χ1) is 7.50. The fraction of sp³-hybridized carbons (Fsp3) is 0.200. The summed E-state index contributed by atoms with van der Waals surface area (Å²) in [6, 6.07) is 4.59. The molecular formula is C10H12FN3O2. The molecule has 5 nitrogen and oxygen atoms in total. The van der Waals surface area contributed by atoms with Crippen LogP contribution >= 0.6 is 0 Å². The molecule has 0 saturated carbocycles. The van der Waals surface area contributed by atoms with Crippen molar-refractivity contribution in [3.63, 3.8) is 0 Å². The molecule has 0 radical (unpaired) electrons. The van der Waals surface area contributed by atoms with Gasteiger partial charge in [-0.3, -0.25) is 9.59 Å². The van der Waals surface area contributed by atoms with Crippen LogP contribution in [0.3, 0.4) is 0 Å². The molecule has 1 atom stereocenters. The lowest BCUT2D eigenvalue weighted by Gasteiger charge is -2.10. The van der Waals surface area contributed by atoms with E-state index in [0.717, 1.165) is 0 Å². The molecule has 1 aromatic rings. The first-order valence-electron chi connectivity index (χ1n) is 4.60. The van der Waals surface area contributed by atoms with E-state index < -0.39 is 23.7 Å². The van der Waals surface area contributed by atoms with Crippen LogP contribution < -0.4 is 16.8 Å². The summed E-state index contributed by atoms with van der Waals surface area (Å²) in [5.41, 5.74) is 10.3. The standard InChI is InChI=1S/C10H12FN3O2/c11-6-3-1-2-4-8(6)14-10(16)7(12)5-9(13)15/h1-4,7H,5,12H2,(H2,13,15)(H,14,16). The highest BCUT2D eigenvalue weighted by Crippen LogP contribution is 2.12. The predicted molar refractivity (Wildman–Crippen MR) is 56.8 cm³/mol. The second-order valence-corrected chi connectivity index (χ2v) is 3.25. The number of anilines is 1. The summed E-state index contributed by atoms with van der Waals surface area (Å²) in [4.78, 5) is 21.9. The van der Waals surface area contributed by atoms with Crippen molar-refractivity contribution in [2.75, 3.05) is 5.32 Å². The smallest absolute Gasteiger partial charge is 0.241 e. The van der Waals surface area contributed by atoms with Gasteiger partial charge in [-0.25, -0.2) is 4.39 Å². The average molecular weight is 225 g/mol. The zero-order chi connectivity index (χ0) is 12.1. The van der Waals surface area contributed by atoms with Crippen molar-refractivity contribution in [2.45, 2.75) is 12.5 Å². The van der Waals surface area contributed by atoms with Gasteiger partial charge in [0.05, 0.1) is 18.2 Å². The van der Waals surface area contributed by atoms with Crippen LogP contribution in [-0.2, 0) is 9.59 Å². The van der Waals surface area contributed by atoms with Crippen molar-refractivity contribution in [1.82, 2.24) is 0 Å². The van der Waals surface area contributed by atoms with Crippen LogP contribution in [0.5, 0.6) is 0 Å². The predicted octanol–water partition coefficient (Wildman–Crippen LogP) is -0.0331. The summed E-state index contributed by atoms with van der Waals surface area (Å²) in [6.45, 7) is 0. The molecule has 16 heavy (non-hydrogen) atoms. The molecule has 0 spiro atoms. The molecule has 0 heterocycles. The minimum Gasteiger partial charge on any atom is -0.370 e. The van der Waals surface area contributed by atoms with Crippen molar-refractivity contribution in [1.29, 1.82) is 0 Å². The van der Waals surface area contributed by atoms with E-state index in [4.69, 9.17) is 11.5 Å². The van der Waals surface area contributed by atoms with Gasteiger partial charge < -0.3 is 16.8 Å². The van der Waals surface area contributed by atoms with Gasteiger partial charge in [0.15, 0.2) is 0 Å². The highest BCUT2D eigenvalue weighted by molar-refractivity contribution is 5.97. The van der Waals surface area contributed by atoms with E-state index in [0.29, 0.717) is 0 Å². The lowest BCUT2D eigenvalue weighted by Crippen LogP contribution is -2.39. The van der Waals surface area contributed by atoms with E-state index >= 15 is 0 Å². The summed E-state index contributed by atoms with van der Waals surface area (Å²) in [5.74, 6) is -1.90. The summed E-state index contributed by atoms with van der Waals surface area (Å²) in [5, 5.41) is 2.27. The van der Waals surface area contributed by atoms with Gasteiger partial charge in [0.2, 0.25) is 11.8 Å². The Morgan fingerprint density at radius 3 is 2.56 bits per heavy atom. The van der Waals surface area contributed by atoms with Crippen LogP contribution in [0.4, 0.5) is 10.1 Å². The Bertz CT molecular complexity index is 409. The molecule has 0 aromatic heterocycles. The Labute approximate surface area is 91.6 Å². The van der Waals surface area contributed by atoms with Gasteiger partial charge in [-0.2, -0.15) is 0 Å². The highest BCUT2D eigenvalue weighted by Gasteiger charge is 2.16. The number of rotatable bonds is 4. The van der Waals surface area contributed by atoms with Gasteiger partial charge in [0.25, 0.3) is 0 Å². The summed E-state index contributed by atoms with van der Waals surface area (Å²) in [6.07, 6.45) is -0.277. The molecule has 0 saturated heterocycles. The van der Waals surface area contributed by atoms with Crippen LogP contribution in [0.15, 0.2) is 24.3 Å². The molecule has 0 fully saturated rings. The van der Waals surface area contributed by atoms with E-state index in [-0.39, 0.29) is 12.1 Å². The molecule has 0 aliphatic heterocycles. The van der Waals surface area contributed by atoms with Gasteiger partial charge in [-0.05, 0) is 12.1 Å². The van der Waals surface area contributed by atoms with Crippen LogP contribution in [0.2, 0.25) is 0 Å². The number of nitrogens with one attached hydrogen (secondary N) is 1. The first-order valence-corrected chi connectivity index (χ1v) is 4.60. The maximum atomic E-state index is 13.1. The van der Waals surface area contributed by atoms with Crippen molar-refractivity contribution in [3.05, 3.63) is 30.1 Å². The number of benzene rings is 1. The number of hydrogen-bond acceptors (Lipinski definition) is 3. The van der Waals surface area contributed by atoms with Crippen molar-refractivity contribution < 1.29 is 14.0 Å². The Hall–Kier alpha value is -1.95. The summed E-state index contributed by atoms with van der Waals surface area (Å²) >= 11 is 0. The molecule has 2 amide bonds. The lowest BCUT2D eigenvalue weighted by molar-refractivity contribution is -0.123. The molecule has 1 aromatic carbocycles. The zero-order valence-corrected chi connectivity index (χ0v) is 8.44. The zero-order valence-electron chi connectivity index (χ0n) is 8.44. The summed E-state index contributed by atoms with van der Waals surface area (Å²) < 4.78 is 13.1. The molecule has 1 unspecified atom stereocenters. The lowest BCUT2D eigenvalue weighted by atomic mass is 10.2. The average Bonchev–Trinajstić information content (AvgIpc) is 2.20. The van der Waals surface area contributed by atoms with E-state index in [9.17, 15) is 14.0 Å². The number of nitrogens with two attached hydrogens (primary N) is 2. The third-order valence-corrected chi connectivity index (χ3v) is 1.89. The molecule has 0 aliphatic rings. The van der Waals surface area contributed by atoms with Crippen molar-refractivity contribution in [2.24, 2.45) is 11.5 Å². The number of primary amides is 1. The van der Waals surface area contributed by atoms with E-state index in [1.165, 1.54) is 18.2 Å². The Morgan fingerprint density at radius 2 is 2.00 bits per heavy atom. The van der Waals surface area contributed by atoms with Crippen LogP contribution in [0.1, 0.15) is 6.42 Å². The molecule has 0 aliphatic carbocycles. The number of amides is 2. The molecular weight excluding hydrogens is 213 g/mol. The van der Waals surface area contributed by atoms with Crippen LogP contribution in [-0.4, -0.2) is 17.9 Å². The Balaban J connectivity index is 2.64. The van der Waals surface area contributed by atoms with Gasteiger partial charge in [-0.1, -0.05) is 12.1 Å². The fourth-order valence-corrected chi connectivity index (χ4v) is 1.10. The summed E-state index contributed by atoms with van der Waals surface area (Å²) in [7, 11) is 0. The van der Waals surface area contributed by atoms with Gasteiger partial charge in [0, 0.05) is 0 Å². The van der Waals surface area contributed by atoms with E-state index in [2.05, 4.69) is 5.32 Å². The largest absolute Gasteiger partial charge is 0.370 e. The maximum absolute atomic E-state index is 13.1. The SMILES string of the molecule is NC(=O)CC(N)C(=O)Nc1ccccc1F. The Kier molecular flexibility index (Phi) is 3.96. The second kappa shape index (κ2) is 5.22. The second-order valence-electron chi connectivity index (χ2n) is 3.25. The van der Waals surface area contributed by atoms with Gasteiger partial charge >= 0.3 is 0 Å². The number of hydrogen-bond donors (Lipinski definition) is 3. The van der Waals surface area contributed by atoms with Crippen molar-refractivity contribution in [3.8, 4) is 0 Å². The monoisotopic (exact) mass is 225 g/mol. The minimum absolute atomic E-state index is 0.0208. The maximum Gasteiger partial charge on any atom is 0.241 e. The molecule has 86 valence electrons. The number of carbonyl (C=O) groups is 2. The normalized spacial score (nSPS) is 11.9. The third kappa shape index (κ3) is 3.32. The molecule has 1 rings (SSSR count). The topological polar surface area (TPSA) is 98.2 Å². The quantitative estimate of drug-likeness (QED) is 0.670. The number of carbonyl (C=O) groups excluding carboxylic acids is 2. The van der Waals surface area contributed by atoms with Crippen LogP contribution in [0.25, 0.3) is 0 Å². The first kappa shape index (κ1) is 12.1. The minimum atomic E-state index is -1.07. The van der Waals surface area contributed by atoms with Crippen LogP contribution in [0, 0.1) is 5.82 Å². The highest BCUT2D eigenvalue weighted by atomic mass is 19.1. The van der Waals surface area contributed by atoms with E-state index in [1.54, 1.807) is 6.07 Å². The van der Waals surface area contributed by atoms with Crippen molar-refractivity contribution >= 4 is 17.5 Å². The molecule has 0 bridgehead atoms. The molecule has 5 N–H and O–H groups in total. The number of para-hydroxylation sites is 1. The third-order valence-electron chi connectivity index (χ3n) is 1.89. The van der Waals surface area contributed by atoms with Gasteiger partial charge in [-0.15, -0.1) is 0 Å².